The van der Waals surface area contributed by atoms with Crippen LogP contribution in [-0.2, 0) is 22.4 Å². The van der Waals surface area contributed by atoms with Crippen LogP contribution in [-0.4, -0.2) is 65.0 Å². The van der Waals surface area contributed by atoms with Crippen LogP contribution >= 0.6 is 0 Å². The number of amides is 2. The van der Waals surface area contributed by atoms with Gasteiger partial charge in [-0.05, 0) is 61.9 Å². The van der Waals surface area contributed by atoms with Crippen molar-refractivity contribution in [2.45, 2.75) is 51.6 Å². The van der Waals surface area contributed by atoms with Gasteiger partial charge in [-0.25, -0.2) is 4.39 Å². The highest BCUT2D eigenvalue weighted by Crippen LogP contribution is 2.32. The smallest absolute Gasteiger partial charge is 0.430 e. The SMILES string of the molecule is Cc1c(Cc2ccc(F)c(C(=O)N3CCN(CC4CCCc5ccccc54)C(=O)C3)c2)[nH+][nH]c(=O)c1C.O=C([O-])C(F)(F)F. The average molecular weight is 617 g/mol. The number of hydrogen-bond acceptors (Lipinski definition) is 5. The maximum atomic E-state index is 14.7. The Hall–Kier alpha value is -4.55. The highest BCUT2D eigenvalue weighted by Gasteiger charge is 2.32. The van der Waals surface area contributed by atoms with Crippen molar-refractivity contribution >= 4 is 17.8 Å². The molecule has 234 valence electrons. The molecule has 5 rings (SSSR count). The Labute approximate surface area is 250 Å². The van der Waals surface area contributed by atoms with E-state index in [2.05, 4.69) is 34.5 Å². The first-order valence-corrected chi connectivity index (χ1v) is 14.1. The number of piperazine rings is 1. The Morgan fingerprint density at radius 1 is 1.07 bits per heavy atom. The summed E-state index contributed by atoms with van der Waals surface area (Å²) < 4.78 is 46.3. The predicted octanol–water partition coefficient (Wildman–Crippen LogP) is 2.24. The Kier molecular flexibility index (Phi) is 9.85. The van der Waals surface area contributed by atoms with Crippen molar-refractivity contribution in [2.24, 2.45) is 0 Å². The van der Waals surface area contributed by atoms with Gasteiger partial charge in [-0.1, -0.05) is 30.3 Å². The molecule has 2 heterocycles. The molecule has 1 aliphatic carbocycles. The number of aliphatic carboxylic acids is 1. The number of nitrogens with zero attached hydrogens (tertiary/aromatic N) is 2. The Bertz CT molecular complexity index is 1620. The van der Waals surface area contributed by atoms with Crippen molar-refractivity contribution < 1.29 is 42.2 Å². The summed E-state index contributed by atoms with van der Waals surface area (Å²) in [7, 11) is 0. The lowest BCUT2D eigenvalue weighted by Gasteiger charge is -2.37. The molecular formula is C31H32F4N4O5. The number of hydrogen-bond donors (Lipinski definition) is 1. The number of fused-ring (bicyclic) bond motifs is 1. The molecule has 3 aromatic rings. The van der Waals surface area contributed by atoms with Crippen LogP contribution in [0, 0.1) is 19.7 Å². The summed E-state index contributed by atoms with van der Waals surface area (Å²) in [5, 5.41) is 14.3. The maximum Gasteiger partial charge on any atom is 0.430 e. The maximum absolute atomic E-state index is 14.7. The number of halogens is 4. The quantitative estimate of drug-likeness (QED) is 0.440. The first-order chi connectivity index (χ1) is 20.8. The van der Waals surface area contributed by atoms with Crippen LogP contribution in [0.5, 0.6) is 0 Å². The topological polar surface area (TPSA) is 128 Å². The monoisotopic (exact) mass is 616 g/mol. The highest BCUT2D eigenvalue weighted by atomic mass is 19.4. The van der Waals surface area contributed by atoms with Crippen molar-refractivity contribution in [1.29, 1.82) is 0 Å². The van der Waals surface area contributed by atoms with E-state index in [1.165, 1.54) is 22.1 Å². The van der Waals surface area contributed by atoms with Crippen molar-refractivity contribution in [3.8, 4) is 0 Å². The molecule has 2 aromatic carbocycles. The van der Waals surface area contributed by atoms with Crippen LogP contribution in [0.1, 0.15) is 62.6 Å². The van der Waals surface area contributed by atoms with E-state index in [0.29, 0.717) is 37.5 Å². The van der Waals surface area contributed by atoms with Gasteiger partial charge in [0.1, 0.15) is 18.3 Å². The van der Waals surface area contributed by atoms with E-state index >= 15 is 0 Å². The molecule has 2 N–H and O–H groups in total. The molecule has 13 heteroatoms. The number of aryl methyl sites for hydroxylation is 1. The molecule has 2 amide bonds. The van der Waals surface area contributed by atoms with Gasteiger partial charge in [-0.3, -0.25) is 14.4 Å². The third-order valence-corrected chi connectivity index (χ3v) is 8.10. The minimum atomic E-state index is -5.19. The van der Waals surface area contributed by atoms with Crippen molar-refractivity contribution in [3.63, 3.8) is 0 Å². The number of carboxylic acids is 1. The van der Waals surface area contributed by atoms with Gasteiger partial charge >= 0.3 is 11.7 Å². The van der Waals surface area contributed by atoms with Crippen LogP contribution in [0.2, 0.25) is 0 Å². The third-order valence-electron chi connectivity index (χ3n) is 8.10. The molecule has 2 aliphatic rings. The van der Waals surface area contributed by atoms with Crippen molar-refractivity contribution in [3.05, 3.63) is 97.7 Å². The summed E-state index contributed by atoms with van der Waals surface area (Å²) in [6.07, 6.45) is -1.56. The number of aromatic nitrogens is 2. The molecule has 0 saturated carbocycles. The van der Waals surface area contributed by atoms with E-state index in [1.807, 2.05) is 11.8 Å². The first kappa shape index (κ1) is 32.4. The Morgan fingerprint density at radius 2 is 1.77 bits per heavy atom. The first-order valence-electron chi connectivity index (χ1n) is 14.1. The van der Waals surface area contributed by atoms with Gasteiger partial charge in [0, 0.05) is 36.7 Å². The number of carboxylic acid groups (broad SMARTS) is 1. The van der Waals surface area contributed by atoms with E-state index in [0.717, 1.165) is 36.1 Å². The van der Waals surface area contributed by atoms with E-state index in [4.69, 9.17) is 9.90 Å². The van der Waals surface area contributed by atoms with E-state index in [9.17, 15) is 31.9 Å². The van der Waals surface area contributed by atoms with E-state index < -0.39 is 23.9 Å². The second-order valence-corrected chi connectivity index (χ2v) is 10.9. The second kappa shape index (κ2) is 13.4. The highest BCUT2D eigenvalue weighted by molar-refractivity contribution is 5.97. The molecule has 0 spiro atoms. The normalized spacial score (nSPS) is 16.6. The third kappa shape index (κ3) is 7.50. The van der Waals surface area contributed by atoms with Crippen LogP contribution in [0.15, 0.2) is 47.3 Å². The zero-order valence-corrected chi connectivity index (χ0v) is 24.2. The predicted molar refractivity (Wildman–Crippen MR) is 148 cm³/mol. The molecule has 44 heavy (non-hydrogen) atoms. The summed E-state index contributed by atoms with van der Waals surface area (Å²) in [4.78, 5) is 50.2. The minimum absolute atomic E-state index is 0.0428. The lowest BCUT2D eigenvalue weighted by Crippen LogP contribution is -2.53. The number of carbonyl (C=O) groups is 3. The van der Waals surface area contributed by atoms with Crippen molar-refractivity contribution in [2.75, 3.05) is 26.2 Å². The van der Waals surface area contributed by atoms with Crippen LogP contribution in [0.3, 0.4) is 0 Å². The molecule has 1 aliphatic heterocycles. The standard InChI is InChI=1S/C29H31FN4O3.C2HF3O2/c1-18-19(2)28(36)32-31-26(18)15-20-10-11-25(30)24(14-20)29(37)34-13-12-33(27(35)17-34)16-22-8-5-7-21-6-3-4-9-23(21)22;3-2(4,5)1(6)7/h3-4,6,9-11,14,22H,5,7-8,12-13,15-17H2,1-2H3,(H,32,36);(H,6,7). The molecule has 1 aromatic heterocycles. The zero-order valence-electron chi connectivity index (χ0n) is 24.2. The van der Waals surface area contributed by atoms with Gasteiger partial charge in [0.05, 0.1) is 12.0 Å². The summed E-state index contributed by atoms with van der Waals surface area (Å²) >= 11 is 0. The molecule has 0 bridgehead atoms. The van der Waals surface area contributed by atoms with Gasteiger partial charge in [0.25, 0.3) is 5.91 Å². The summed E-state index contributed by atoms with van der Waals surface area (Å²) in [5.41, 5.74) is 5.41. The number of alkyl halides is 3. The molecule has 1 saturated heterocycles. The zero-order chi connectivity index (χ0) is 32.2. The number of benzene rings is 2. The van der Waals surface area contributed by atoms with Crippen LogP contribution in [0.25, 0.3) is 0 Å². The summed E-state index contributed by atoms with van der Waals surface area (Å²) in [5.74, 6) is -3.89. The second-order valence-electron chi connectivity index (χ2n) is 10.9. The van der Waals surface area contributed by atoms with Gasteiger partial charge in [-0.2, -0.15) is 13.2 Å². The van der Waals surface area contributed by atoms with Crippen LogP contribution in [0.4, 0.5) is 17.6 Å². The Morgan fingerprint density at radius 3 is 2.45 bits per heavy atom. The van der Waals surface area contributed by atoms with E-state index in [1.54, 1.807) is 19.1 Å². The summed E-state index contributed by atoms with van der Waals surface area (Å²) in [6, 6.07) is 12.9. The average Bonchev–Trinajstić information content (AvgIpc) is 2.99. The molecule has 9 nitrogen and oxygen atoms in total. The number of carbonyl (C=O) groups excluding carboxylic acids is 3. The fourth-order valence-corrected chi connectivity index (χ4v) is 5.50. The fourth-order valence-electron chi connectivity index (χ4n) is 5.50. The van der Waals surface area contributed by atoms with Crippen molar-refractivity contribution in [1.82, 2.24) is 14.9 Å². The fraction of sp³-hybridized carbons (Fsp3) is 0.387. The van der Waals surface area contributed by atoms with Gasteiger partial charge in [0.15, 0.2) is 0 Å². The lowest BCUT2D eigenvalue weighted by atomic mass is 9.82. The summed E-state index contributed by atoms with van der Waals surface area (Å²) in [6.45, 7) is 5.00. The van der Waals surface area contributed by atoms with Crippen LogP contribution < -0.4 is 15.8 Å². The van der Waals surface area contributed by atoms with Gasteiger partial charge in [-0.15, -0.1) is 10.2 Å². The largest absolute Gasteiger partial charge is 0.542 e. The molecule has 1 unspecified atom stereocenters. The Balaban J connectivity index is 0.000000566. The van der Waals surface area contributed by atoms with Gasteiger partial charge in [0.2, 0.25) is 11.6 Å². The number of H-pyrrole nitrogens is 2. The molecule has 1 atom stereocenters. The number of rotatable bonds is 5. The molecule has 1 fully saturated rings. The van der Waals surface area contributed by atoms with E-state index in [-0.39, 0.29) is 23.6 Å². The lowest BCUT2D eigenvalue weighted by molar-refractivity contribution is -0.467. The molecule has 0 radical (unpaired) electrons. The number of aromatic amines is 2. The minimum Gasteiger partial charge on any atom is -0.542 e. The molecular weight excluding hydrogens is 584 g/mol. The number of nitrogens with one attached hydrogen (secondary N) is 2. The van der Waals surface area contributed by atoms with Gasteiger partial charge < -0.3 is 19.7 Å².